The number of halogens is 1. The molecule has 0 radical (unpaired) electrons. The number of amides is 1. The number of carbonyl (C=O) groups excluding carboxylic acids is 1. The summed E-state index contributed by atoms with van der Waals surface area (Å²) in [6, 6.07) is 17.7. The summed E-state index contributed by atoms with van der Waals surface area (Å²) >= 11 is 0. The molecule has 4 aliphatic rings. The number of ether oxygens (including phenoxy) is 1. The highest BCUT2D eigenvalue weighted by atomic mass is 19.1. The maximum absolute atomic E-state index is 15.8. The largest absolute Gasteiger partial charge is 0.438 e. The van der Waals surface area contributed by atoms with Crippen LogP contribution in [0.2, 0.25) is 0 Å². The molecule has 1 aliphatic carbocycles. The minimum atomic E-state index is -0.826. The second-order valence-electron chi connectivity index (χ2n) is 21.1. The third-order valence-electron chi connectivity index (χ3n) is 15.7. The lowest BCUT2D eigenvalue weighted by molar-refractivity contribution is -0.0592. The molecule has 16 heteroatoms. The maximum Gasteiger partial charge on any atom is 0.438 e. The molecule has 3 aromatic carbocycles. The number of carbonyl (C=O) groups is 1. The first-order chi connectivity index (χ1) is 33.5. The number of H-pyrrole nitrogens is 1. The molecule has 70 heavy (non-hydrogen) atoms. The summed E-state index contributed by atoms with van der Waals surface area (Å²) in [4.78, 5) is 55.5. The van der Waals surface area contributed by atoms with Crippen molar-refractivity contribution in [3.63, 3.8) is 0 Å². The molecule has 5 atom stereocenters. The second kappa shape index (κ2) is 17.0. The fourth-order valence-electron chi connectivity index (χ4n) is 12.0. The minimum absolute atomic E-state index is 0.0271. The second-order valence-corrected chi connectivity index (χ2v) is 21.1. The van der Waals surface area contributed by atoms with Gasteiger partial charge in [-0.15, -0.1) is 0 Å². The number of piperidine rings is 1. The zero-order chi connectivity index (χ0) is 49.0. The van der Waals surface area contributed by atoms with Crippen LogP contribution in [0.4, 0.5) is 4.39 Å². The third kappa shape index (κ3) is 7.61. The van der Waals surface area contributed by atoms with E-state index in [1.54, 1.807) is 29.2 Å². The van der Waals surface area contributed by atoms with Crippen LogP contribution >= 0.6 is 0 Å². The number of hydrogen-bond donors (Lipinski definition) is 1. The highest BCUT2D eigenvalue weighted by Crippen LogP contribution is 2.56. The van der Waals surface area contributed by atoms with Crippen LogP contribution in [0.25, 0.3) is 33.2 Å². The molecule has 1 N–H and O–H groups in total. The molecule has 3 aliphatic heterocycles. The van der Waals surface area contributed by atoms with Crippen LogP contribution in [0, 0.1) is 25.6 Å². The lowest BCUT2D eigenvalue weighted by Gasteiger charge is -2.38. The van der Waals surface area contributed by atoms with E-state index in [4.69, 9.17) is 14.3 Å². The number of aromatic amines is 1. The van der Waals surface area contributed by atoms with E-state index >= 15 is 14.0 Å². The number of aromatic nitrogens is 7. The van der Waals surface area contributed by atoms with E-state index in [9.17, 15) is 4.79 Å². The summed E-state index contributed by atoms with van der Waals surface area (Å²) in [6.07, 6.45) is 8.90. The number of benzene rings is 3. The Morgan fingerprint density at radius 3 is 2.40 bits per heavy atom. The van der Waals surface area contributed by atoms with Crippen LogP contribution in [0.15, 0.2) is 97.9 Å². The lowest BCUT2D eigenvalue weighted by atomic mass is 9.83. The number of likely N-dealkylation sites (tertiary alicyclic amines) is 1. The number of nitrogens with zero attached hydrogens (tertiary/aromatic N) is 9. The van der Waals surface area contributed by atoms with Crippen LogP contribution in [-0.2, 0) is 16.8 Å². The average Bonchev–Trinajstić information content (AvgIpc) is 3.77. The fraction of sp³-hybridized carbons (Fsp3) is 0.444. The normalized spacial score (nSPS) is 23.6. The van der Waals surface area contributed by atoms with E-state index in [0.717, 1.165) is 70.3 Å². The zero-order valence-electron chi connectivity index (χ0n) is 41.3. The maximum atomic E-state index is 15.8. The van der Waals surface area contributed by atoms with E-state index in [1.807, 2.05) is 79.4 Å². The first kappa shape index (κ1) is 45.8. The van der Waals surface area contributed by atoms with Gasteiger partial charge in [-0.1, -0.05) is 30.3 Å². The van der Waals surface area contributed by atoms with Crippen LogP contribution in [0.1, 0.15) is 110 Å². The topological polar surface area (TPSA) is 154 Å². The van der Waals surface area contributed by atoms with Gasteiger partial charge in [-0.25, -0.2) is 14.0 Å². The fourth-order valence-corrected chi connectivity index (χ4v) is 12.0. The molecule has 7 heterocycles. The number of aliphatic imine (C=N–C) groups is 1. The van der Waals surface area contributed by atoms with Gasteiger partial charge in [-0.3, -0.25) is 33.1 Å². The summed E-state index contributed by atoms with van der Waals surface area (Å²) in [7, 11) is 4.07. The summed E-state index contributed by atoms with van der Waals surface area (Å²) in [5, 5.41) is 10.7. The summed E-state index contributed by atoms with van der Waals surface area (Å²) < 4.78 is 34.0. The molecule has 3 fully saturated rings. The molecule has 1 unspecified atom stereocenters. The molecule has 7 aromatic rings. The Kier molecular flexibility index (Phi) is 11.1. The molecule has 364 valence electrons. The molecule has 4 aromatic heterocycles. The van der Waals surface area contributed by atoms with Crippen LogP contribution < -0.4 is 11.4 Å². The Hall–Kier alpha value is -6.65. The van der Waals surface area contributed by atoms with E-state index < -0.39 is 17.3 Å². The zero-order valence-corrected chi connectivity index (χ0v) is 41.3. The Morgan fingerprint density at radius 1 is 0.929 bits per heavy atom. The van der Waals surface area contributed by atoms with Crippen molar-refractivity contribution in [3.8, 4) is 5.69 Å². The van der Waals surface area contributed by atoms with E-state index in [-0.39, 0.29) is 40.8 Å². The number of imidazole rings is 1. The van der Waals surface area contributed by atoms with Gasteiger partial charge in [-0.2, -0.15) is 5.10 Å². The van der Waals surface area contributed by atoms with Gasteiger partial charge in [0, 0.05) is 84.2 Å². The van der Waals surface area contributed by atoms with Gasteiger partial charge in [0.05, 0.1) is 35.6 Å². The van der Waals surface area contributed by atoms with Crippen molar-refractivity contribution in [1.82, 2.24) is 43.4 Å². The molecular formula is C54H61FN10O5. The van der Waals surface area contributed by atoms with Gasteiger partial charge in [-0.05, 0) is 145 Å². The predicted molar refractivity (Wildman–Crippen MR) is 268 cm³/mol. The van der Waals surface area contributed by atoms with Gasteiger partial charge < -0.3 is 19.1 Å². The van der Waals surface area contributed by atoms with Crippen LogP contribution in [0.3, 0.4) is 0 Å². The standard InChI is InChI=1S/C54H61FN10O5/c1-31-23-37(24-32(2)47(31)55)41-13-16-56-42-14-17-61(34(4)46(42)48(41)63-20-19-62(52(63)68)40-10-12-43-39(26-40)30-57-64(43)21-18-60(7)8)49(66)45-27-38-25-35(36-15-22-69-53(5,6)29-36)9-11-44(38)65(45)54(28-33(54)3)50-58-51(67)70-59-50/h9-12,19-20,23-27,30,33-34,36,41H,13-18,21-22,28-29H2,1-8H3,(H,58,59,67)/t33-,34-,36-,41?,54-/m0/s1. The molecule has 0 spiro atoms. The summed E-state index contributed by atoms with van der Waals surface area (Å²) in [6.45, 7) is 15.1. The minimum Gasteiger partial charge on any atom is -0.376 e. The Morgan fingerprint density at radius 2 is 1.69 bits per heavy atom. The first-order valence-electron chi connectivity index (χ1n) is 24.7. The first-order valence-corrected chi connectivity index (χ1v) is 24.7. The Balaban J connectivity index is 1.05. The highest BCUT2D eigenvalue weighted by molar-refractivity contribution is 6.09. The molecule has 15 nitrogen and oxygen atoms in total. The van der Waals surface area contributed by atoms with E-state index in [1.165, 1.54) is 5.56 Å². The van der Waals surface area contributed by atoms with Gasteiger partial charge >= 0.3 is 11.4 Å². The van der Waals surface area contributed by atoms with Crippen molar-refractivity contribution in [2.75, 3.05) is 40.3 Å². The monoisotopic (exact) mass is 948 g/mol. The van der Waals surface area contributed by atoms with E-state index in [0.29, 0.717) is 67.3 Å². The highest BCUT2D eigenvalue weighted by Gasteiger charge is 2.59. The number of fused-ring (bicyclic) bond motifs is 3. The van der Waals surface area contributed by atoms with Crippen molar-refractivity contribution < 1.29 is 18.4 Å². The molecule has 2 saturated heterocycles. The molecule has 11 rings (SSSR count). The number of allylic oxidation sites excluding steroid dienone is 1. The van der Waals surface area contributed by atoms with Gasteiger partial charge in [0.1, 0.15) is 17.1 Å². The third-order valence-corrected chi connectivity index (χ3v) is 15.7. The molecule has 1 amide bonds. The molecular weight excluding hydrogens is 888 g/mol. The number of likely N-dealkylation sites (N-methyl/N-ethyl adjacent to an activating group) is 1. The smallest absolute Gasteiger partial charge is 0.376 e. The number of nitrogens with one attached hydrogen (secondary N) is 1. The van der Waals surface area contributed by atoms with Crippen LogP contribution in [0.5, 0.6) is 0 Å². The number of aryl methyl sites for hydroxylation is 2. The number of hydrogen-bond acceptors (Lipinski definition) is 9. The van der Waals surface area contributed by atoms with Crippen molar-refractivity contribution >= 4 is 39.1 Å². The van der Waals surface area contributed by atoms with Crippen LogP contribution in [-0.4, -0.2) is 107 Å². The summed E-state index contributed by atoms with van der Waals surface area (Å²) in [5.41, 5.74) is 7.18. The van der Waals surface area contributed by atoms with Gasteiger partial charge in [0.2, 0.25) is 0 Å². The summed E-state index contributed by atoms with van der Waals surface area (Å²) in [5.74, 6) is -0.759. The average molecular weight is 949 g/mol. The van der Waals surface area contributed by atoms with Gasteiger partial charge in [0.25, 0.3) is 5.91 Å². The molecule has 0 bridgehead atoms. The van der Waals surface area contributed by atoms with Crippen molar-refractivity contribution in [1.29, 1.82) is 0 Å². The molecule has 1 saturated carbocycles. The lowest BCUT2D eigenvalue weighted by Crippen LogP contribution is -2.48. The SMILES string of the molecule is Cc1cc(C2CCN=C3CCN(C(=O)c4cc5cc([C@H]6CCOC(C)(C)C6)ccc5n4[C@@]4(c5noc(=O)[nH]5)C[C@@H]4C)[C@@H](C)C3=C2n2ccn(-c3ccc4c(cnn4CCN(C)C)c3)c2=O)cc(C)c1F. The van der Waals surface area contributed by atoms with Gasteiger partial charge in [0.15, 0.2) is 5.82 Å². The Bertz CT molecular complexity index is 3390. The predicted octanol–water partition coefficient (Wildman–Crippen LogP) is 8.17. The van der Waals surface area contributed by atoms with Crippen molar-refractivity contribution in [2.24, 2.45) is 10.9 Å². The Labute approximate surface area is 405 Å². The van der Waals surface area contributed by atoms with Crippen molar-refractivity contribution in [3.05, 3.63) is 139 Å². The quantitative estimate of drug-likeness (QED) is 0.144. The van der Waals surface area contributed by atoms with E-state index in [2.05, 4.69) is 63.7 Å². The van der Waals surface area contributed by atoms with Crippen molar-refractivity contribution in [2.45, 2.75) is 109 Å². The number of rotatable bonds is 10.